The molecule has 1 saturated carbocycles. The third-order valence-electron chi connectivity index (χ3n) is 4.52. The van der Waals surface area contributed by atoms with Crippen LogP contribution in [0.15, 0.2) is 47.5 Å². The summed E-state index contributed by atoms with van der Waals surface area (Å²) in [7, 11) is 0. The highest BCUT2D eigenvalue weighted by Crippen LogP contribution is 2.24. The van der Waals surface area contributed by atoms with Gasteiger partial charge in [-0.05, 0) is 50.1 Å². The summed E-state index contributed by atoms with van der Waals surface area (Å²) >= 11 is 0. The lowest BCUT2D eigenvalue weighted by molar-refractivity contribution is 0.0976. The Bertz CT molecular complexity index is 994. The van der Waals surface area contributed by atoms with E-state index in [0.29, 0.717) is 12.8 Å². The van der Waals surface area contributed by atoms with Gasteiger partial charge in [-0.25, -0.2) is 23.0 Å². The molecule has 1 aliphatic carbocycles. The molecule has 0 saturated heterocycles. The predicted octanol–water partition coefficient (Wildman–Crippen LogP) is 3.58. The van der Waals surface area contributed by atoms with Crippen LogP contribution in [0.3, 0.4) is 0 Å². The van der Waals surface area contributed by atoms with Crippen LogP contribution < -0.4 is 16.0 Å². The van der Waals surface area contributed by atoms with Gasteiger partial charge in [0.05, 0.1) is 12.6 Å². The highest BCUT2D eigenvalue weighted by Gasteiger charge is 2.31. The average Bonchev–Trinajstić information content (AvgIpc) is 2.69. The summed E-state index contributed by atoms with van der Waals surface area (Å²) in [6.07, 6.45) is 0.476. The fourth-order valence-corrected chi connectivity index (χ4v) is 2.95. The van der Waals surface area contributed by atoms with Crippen LogP contribution in [0.2, 0.25) is 0 Å². The Balaban J connectivity index is 1.71. The van der Waals surface area contributed by atoms with Gasteiger partial charge in [0.1, 0.15) is 5.82 Å². The minimum absolute atomic E-state index is 0.0140. The highest BCUT2D eigenvalue weighted by atomic mass is 19.2. The number of alkyl carbamates (subject to hydrolysis) is 1. The normalized spacial score (nSPS) is 18.0. The summed E-state index contributed by atoms with van der Waals surface area (Å²) in [5.41, 5.74) is 0.230. The Morgan fingerprint density at radius 3 is 2.55 bits per heavy atom. The Labute approximate surface area is 176 Å². The lowest BCUT2D eigenvalue weighted by Gasteiger charge is -2.33. The summed E-state index contributed by atoms with van der Waals surface area (Å²) in [5, 5.41) is 7.95. The number of amides is 2. The van der Waals surface area contributed by atoms with Crippen LogP contribution in [-0.2, 0) is 4.74 Å². The van der Waals surface area contributed by atoms with Gasteiger partial charge in [0.15, 0.2) is 11.6 Å². The Morgan fingerprint density at radius 1 is 1.10 bits per heavy atom. The molecule has 3 rings (SSSR count). The third kappa shape index (κ3) is 6.21. The van der Waals surface area contributed by atoms with Crippen molar-refractivity contribution in [3.8, 4) is 0 Å². The number of carbonyl (C=O) groups excluding carboxylic acids is 2. The first kappa shape index (κ1) is 22.1. The molecule has 0 heterocycles. The largest absolute Gasteiger partial charge is 0.450 e. The molecule has 164 valence electrons. The van der Waals surface area contributed by atoms with E-state index in [-0.39, 0.29) is 35.9 Å². The van der Waals surface area contributed by atoms with Gasteiger partial charge in [-0.15, -0.1) is 0 Å². The second-order valence-corrected chi connectivity index (χ2v) is 6.88. The van der Waals surface area contributed by atoms with Gasteiger partial charge in [-0.3, -0.25) is 10.1 Å². The van der Waals surface area contributed by atoms with E-state index in [2.05, 4.69) is 20.9 Å². The van der Waals surface area contributed by atoms with Crippen molar-refractivity contribution in [2.45, 2.75) is 31.8 Å². The number of anilines is 1. The zero-order valence-electron chi connectivity index (χ0n) is 16.6. The molecule has 3 N–H and O–H groups in total. The molecule has 7 nitrogen and oxygen atoms in total. The zero-order chi connectivity index (χ0) is 22.4. The topological polar surface area (TPSA) is 91.8 Å². The summed E-state index contributed by atoms with van der Waals surface area (Å²) in [4.78, 5) is 28.3. The maximum Gasteiger partial charge on any atom is 0.407 e. The number of nitrogens with zero attached hydrogens (tertiary/aromatic N) is 1. The van der Waals surface area contributed by atoms with Crippen molar-refractivity contribution in [1.82, 2.24) is 10.6 Å². The van der Waals surface area contributed by atoms with Gasteiger partial charge >= 0.3 is 6.09 Å². The van der Waals surface area contributed by atoms with Crippen LogP contribution in [0.4, 0.5) is 23.7 Å². The van der Waals surface area contributed by atoms with Gasteiger partial charge in [0.2, 0.25) is 5.96 Å². The minimum atomic E-state index is -1.07. The number of hydrogen-bond donors (Lipinski definition) is 3. The van der Waals surface area contributed by atoms with Gasteiger partial charge < -0.3 is 15.4 Å². The Morgan fingerprint density at radius 2 is 1.87 bits per heavy atom. The summed E-state index contributed by atoms with van der Waals surface area (Å²) in [6, 6.07) is 7.86. The van der Waals surface area contributed by atoms with Crippen LogP contribution >= 0.6 is 0 Å². The predicted molar refractivity (Wildman–Crippen MR) is 108 cm³/mol. The maximum absolute atomic E-state index is 13.5. The van der Waals surface area contributed by atoms with Crippen LogP contribution in [-0.4, -0.2) is 36.7 Å². The molecule has 0 radical (unpaired) electrons. The third-order valence-corrected chi connectivity index (χ3v) is 4.52. The summed E-state index contributed by atoms with van der Waals surface area (Å²) in [6.45, 7) is 1.96. The fourth-order valence-electron chi connectivity index (χ4n) is 2.95. The van der Waals surface area contributed by atoms with E-state index in [1.54, 1.807) is 6.92 Å². The minimum Gasteiger partial charge on any atom is -0.450 e. The van der Waals surface area contributed by atoms with Crippen LogP contribution in [0.1, 0.15) is 30.1 Å². The summed E-state index contributed by atoms with van der Waals surface area (Å²) < 4.78 is 45.0. The van der Waals surface area contributed by atoms with E-state index < -0.39 is 29.5 Å². The maximum atomic E-state index is 13.5. The van der Waals surface area contributed by atoms with E-state index in [1.165, 1.54) is 24.3 Å². The average molecular weight is 434 g/mol. The molecule has 0 atom stereocenters. The van der Waals surface area contributed by atoms with Crippen molar-refractivity contribution in [3.05, 3.63) is 65.5 Å². The molecule has 0 aromatic heterocycles. The van der Waals surface area contributed by atoms with Crippen LogP contribution in [0.5, 0.6) is 0 Å². The van der Waals surface area contributed by atoms with Crippen molar-refractivity contribution >= 4 is 23.6 Å². The van der Waals surface area contributed by atoms with Gasteiger partial charge in [0.25, 0.3) is 5.91 Å². The summed E-state index contributed by atoms with van der Waals surface area (Å²) in [5.74, 6) is -3.30. The van der Waals surface area contributed by atoms with Crippen LogP contribution in [0, 0.1) is 17.5 Å². The van der Waals surface area contributed by atoms with Gasteiger partial charge in [-0.1, -0.05) is 6.07 Å². The number of carbonyl (C=O) groups is 2. The molecule has 0 bridgehead atoms. The molecule has 1 aliphatic rings. The molecular formula is C21H21F3N4O3. The van der Waals surface area contributed by atoms with Crippen molar-refractivity contribution in [2.24, 2.45) is 4.99 Å². The monoisotopic (exact) mass is 434 g/mol. The van der Waals surface area contributed by atoms with Crippen molar-refractivity contribution < 1.29 is 27.5 Å². The number of nitrogens with one attached hydrogen (secondary N) is 3. The second-order valence-electron chi connectivity index (χ2n) is 6.88. The Hall–Kier alpha value is -3.56. The smallest absolute Gasteiger partial charge is 0.407 e. The number of rotatable bonds is 5. The number of ether oxygens (including phenoxy) is 1. The van der Waals surface area contributed by atoms with E-state index in [9.17, 15) is 22.8 Å². The van der Waals surface area contributed by atoms with E-state index >= 15 is 0 Å². The van der Waals surface area contributed by atoms with Crippen molar-refractivity contribution in [2.75, 3.05) is 11.9 Å². The first-order valence-electron chi connectivity index (χ1n) is 9.64. The number of benzene rings is 2. The van der Waals surface area contributed by atoms with E-state index in [4.69, 9.17) is 4.74 Å². The molecular weight excluding hydrogens is 413 g/mol. The molecule has 10 heteroatoms. The van der Waals surface area contributed by atoms with Gasteiger partial charge in [-0.2, -0.15) is 0 Å². The molecule has 0 spiro atoms. The molecule has 2 aromatic rings. The second kappa shape index (κ2) is 9.96. The standard InChI is InChI=1S/C21H21F3N4O3/c1-2-31-21(30)27-16-9-15(10-16)26-20(25-14-6-7-17(23)18(24)11-14)28-19(29)12-4-3-5-13(22)8-12/h3-8,11,15-16H,2,9-10H2,1H3,(H,27,30)(H2,25,26,28,29). The number of halogens is 3. The lowest BCUT2D eigenvalue weighted by Crippen LogP contribution is -2.47. The number of hydrogen-bond acceptors (Lipinski definition) is 4. The van der Waals surface area contributed by atoms with E-state index in [1.807, 2.05) is 0 Å². The molecule has 1 fully saturated rings. The highest BCUT2D eigenvalue weighted by molar-refractivity contribution is 6.10. The first-order valence-corrected chi connectivity index (χ1v) is 9.64. The number of aliphatic imine (C=N–C) groups is 1. The number of guanidine groups is 1. The SMILES string of the molecule is CCOC(=O)NC1CC(N=C(NC(=O)c2cccc(F)c2)Nc2ccc(F)c(F)c2)C1. The lowest BCUT2D eigenvalue weighted by atomic mass is 9.87. The zero-order valence-corrected chi connectivity index (χ0v) is 16.6. The molecule has 31 heavy (non-hydrogen) atoms. The van der Waals surface area contributed by atoms with Crippen molar-refractivity contribution in [3.63, 3.8) is 0 Å². The van der Waals surface area contributed by atoms with Crippen molar-refractivity contribution in [1.29, 1.82) is 0 Å². The molecule has 2 amide bonds. The van der Waals surface area contributed by atoms with Gasteiger partial charge in [0, 0.05) is 23.4 Å². The Kier molecular flexibility index (Phi) is 7.11. The molecule has 2 aromatic carbocycles. The quantitative estimate of drug-likeness (QED) is 0.496. The molecule has 0 unspecified atom stereocenters. The van der Waals surface area contributed by atoms with Crippen LogP contribution in [0.25, 0.3) is 0 Å². The first-order chi connectivity index (χ1) is 14.8. The molecule has 0 aliphatic heterocycles. The fraction of sp³-hybridized carbons (Fsp3) is 0.286. The van der Waals surface area contributed by atoms with E-state index in [0.717, 1.165) is 18.2 Å².